The van der Waals surface area contributed by atoms with Crippen LogP contribution >= 0.6 is 0 Å². The Balaban J connectivity index is 1.83. The number of nitrogens with one attached hydrogen (secondary N) is 4. The largest absolute Gasteiger partial charge is 0.497 e. The first-order chi connectivity index (χ1) is 16.4. The number of hydrogen-bond donors (Lipinski definition) is 6. The van der Waals surface area contributed by atoms with E-state index in [0.717, 1.165) is 39.4 Å². The van der Waals surface area contributed by atoms with Gasteiger partial charge >= 0.3 is 0 Å². The second-order valence-corrected chi connectivity index (χ2v) is 8.15. The molecule has 8 N–H and O–H groups in total. The molecule has 1 aromatic carbocycles. The van der Waals surface area contributed by atoms with Crippen molar-refractivity contribution in [2.75, 3.05) is 19.5 Å². The van der Waals surface area contributed by atoms with Gasteiger partial charge in [0.1, 0.15) is 11.9 Å². The zero-order chi connectivity index (χ0) is 24.7. The van der Waals surface area contributed by atoms with Gasteiger partial charge in [0.05, 0.1) is 30.0 Å². The molecule has 0 amide bonds. The summed E-state index contributed by atoms with van der Waals surface area (Å²) in [5.74, 6) is 1.53. The standard InChI is InChI=1S/C26H33N7O/c1-16(2)18(13-27)12-24(28)33-25-10-9-22-23(32-25)11-19(14-31-22)21(15-30-3)26(29)17-5-7-20(34-4)8-6-17/h5-16,25,29-30,32-33H,27-28H2,1-4H3/b18-13+,21-15-,24-12+,29-26?. The number of fused-ring (bicyclic) bond motifs is 1. The van der Waals surface area contributed by atoms with Crippen molar-refractivity contribution in [1.29, 1.82) is 5.41 Å². The van der Waals surface area contributed by atoms with E-state index in [0.29, 0.717) is 11.5 Å². The van der Waals surface area contributed by atoms with Gasteiger partial charge in [0.25, 0.3) is 0 Å². The Kier molecular flexibility index (Phi) is 7.97. The first-order valence-corrected chi connectivity index (χ1v) is 11.1. The average Bonchev–Trinajstić information content (AvgIpc) is 2.84. The van der Waals surface area contributed by atoms with Crippen molar-refractivity contribution < 1.29 is 4.74 Å². The van der Waals surface area contributed by atoms with E-state index in [2.05, 4.69) is 34.8 Å². The lowest BCUT2D eigenvalue weighted by atomic mass is 9.96. The summed E-state index contributed by atoms with van der Waals surface area (Å²) in [5, 5.41) is 18.5. The highest BCUT2D eigenvalue weighted by Crippen LogP contribution is 2.27. The molecule has 0 radical (unpaired) electrons. The molecule has 2 aromatic rings. The molecule has 1 atom stereocenters. The van der Waals surface area contributed by atoms with Crippen LogP contribution in [0.15, 0.2) is 72.5 Å². The van der Waals surface area contributed by atoms with Crippen LogP contribution in [0.1, 0.15) is 30.7 Å². The highest BCUT2D eigenvalue weighted by atomic mass is 16.5. The van der Waals surface area contributed by atoms with Crippen molar-refractivity contribution in [1.82, 2.24) is 15.6 Å². The number of hydrogen-bond acceptors (Lipinski definition) is 8. The molecule has 1 aromatic heterocycles. The number of rotatable bonds is 9. The van der Waals surface area contributed by atoms with Crippen molar-refractivity contribution in [2.45, 2.75) is 20.0 Å². The van der Waals surface area contributed by atoms with Crippen LogP contribution < -0.4 is 32.2 Å². The van der Waals surface area contributed by atoms with E-state index in [1.807, 2.05) is 55.6 Å². The average molecular weight is 460 g/mol. The zero-order valence-corrected chi connectivity index (χ0v) is 20.0. The molecule has 0 bridgehead atoms. The molecule has 0 saturated heterocycles. The third-order valence-electron chi connectivity index (χ3n) is 5.43. The van der Waals surface area contributed by atoms with Gasteiger partial charge in [-0.3, -0.25) is 10.4 Å². The summed E-state index contributed by atoms with van der Waals surface area (Å²) in [6, 6.07) is 9.41. The van der Waals surface area contributed by atoms with Crippen LogP contribution in [0.5, 0.6) is 5.75 Å². The zero-order valence-electron chi connectivity index (χ0n) is 20.0. The summed E-state index contributed by atoms with van der Waals surface area (Å²) in [4.78, 5) is 4.59. The maximum Gasteiger partial charge on any atom is 0.118 e. The molecule has 8 nitrogen and oxygen atoms in total. The molecular formula is C26H33N7O. The Labute approximate surface area is 201 Å². The minimum atomic E-state index is -0.218. The fourth-order valence-electron chi connectivity index (χ4n) is 3.52. The number of benzene rings is 1. The maximum atomic E-state index is 8.78. The summed E-state index contributed by atoms with van der Waals surface area (Å²) in [6.07, 6.45) is 10.7. The van der Waals surface area contributed by atoms with Gasteiger partial charge < -0.3 is 32.2 Å². The van der Waals surface area contributed by atoms with Crippen molar-refractivity contribution in [3.8, 4) is 5.75 Å². The van der Waals surface area contributed by atoms with Crippen LogP contribution in [-0.4, -0.2) is 31.0 Å². The van der Waals surface area contributed by atoms with Crippen LogP contribution in [0.4, 0.5) is 5.69 Å². The summed E-state index contributed by atoms with van der Waals surface area (Å²) in [6.45, 7) is 4.12. The molecule has 34 heavy (non-hydrogen) atoms. The quantitative estimate of drug-likeness (QED) is 0.250. The third-order valence-corrected chi connectivity index (χ3v) is 5.43. The van der Waals surface area contributed by atoms with Crippen LogP contribution in [-0.2, 0) is 0 Å². The van der Waals surface area contributed by atoms with E-state index in [4.69, 9.17) is 21.6 Å². The number of nitrogens with two attached hydrogens (primary N) is 2. The van der Waals surface area contributed by atoms with Crippen molar-refractivity contribution in [2.24, 2.45) is 17.4 Å². The molecule has 0 saturated carbocycles. The Morgan fingerprint density at radius 2 is 1.97 bits per heavy atom. The number of ether oxygens (including phenoxy) is 1. The number of aromatic nitrogens is 1. The number of pyridine rings is 1. The molecule has 8 heteroatoms. The van der Waals surface area contributed by atoms with E-state index in [9.17, 15) is 0 Å². The lowest BCUT2D eigenvalue weighted by Gasteiger charge is -2.24. The molecule has 3 rings (SSSR count). The summed E-state index contributed by atoms with van der Waals surface area (Å²) in [5.41, 5.74) is 17.2. The second-order valence-electron chi connectivity index (χ2n) is 8.15. The molecule has 0 spiro atoms. The SMILES string of the molecule is CN/C=C(\C(=N)c1ccc(OC)cc1)c1cnc2c(c1)NC(N/C(N)=C/C(=C\N)C(C)C)C=C2. The summed E-state index contributed by atoms with van der Waals surface area (Å²) < 4.78 is 5.23. The predicted octanol–water partition coefficient (Wildman–Crippen LogP) is 3.37. The topological polar surface area (TPSA) is 134 Å². The summed E-state index contributed by atoms with van der Waals surface area (Å²) in [7, 11) is 3.43. The Bertz CT molecular complexity index is 1140. The van der Waals surface area contributed by atoms with E-state index in [1.54, 1.807) is 25.7 Å². The smallest absolute Gasteiger partial charge is 0.118 e. The number of methoxy groups -OCH3 is 1. The number of anilines is 1. The first kappa shape index (κ1) is 24.4. The highest BCUT2D eigenvalue weighted by molar-refractivity contribution is 6.30. The molecule has 178 valence electrons. The predicted molar refractivity (Wildman–Crippen MR) is 140 cm³/mol. The van der Waals surface area contributed by atoms with E-state index < -0.39 is 0 Å². The van der Waals surface area contributed by atoms with Crippen molar-refractivity contribution in [3.63, 3.8) is 0 Å². The molecule has 1 aliphatic heterocycles. The highest BCUT2D eigenvalue weighted by Gasteiger charge is 2.18. The van der Waals surface area contributed by atoms with E-state index in [1.165, 1.54) is 0 Å². The third kappa shape index (κ3) is 5.78. The minimum Gasteiger partial charge on any atom is -0.497 e. The molecule has 0 fully saturated rings. The number of nitrogens with zero attached hydrogens (tertiary/aromatic N) is 1. The summed E-state index contributed by atoms with van der Waals surface area (Å²) >= 11 is 0. The van der Waals surface area contributed by atoms with Gasteiger partial charge in [0.2, 0.25) is 0 Å². The Hall–Kier alpha value is -4.20. The maximum absolute atomic E-state index is 8.78. The fourth-order valence-corrected chi connectivity index (χ4v) is 3.52. The fraction of sp³-hybridized carbons (Fsp3) is 0.231. The van der Waals surface area contributed by atoms with Gasteiger partial charge in [-0.2, -0.15) is 0 Å². The molecular weight excluding hydrogens is 426 g/mol. The van der Waals surface area contributed by atoms with Crippen molar-refractivity contribution >= 4 is 23.0 Å². The lowest BCUT2D eigenvalue weighted by molar-refractivity contribution is 0.415. The van der Waals surface area contributed by atoms with Crippen LogP contribution in [0.25, 0.3) is 11.6 Å². The Morgan fingerprint density at radius 3 is 2.59 bits per heavy atom. The molecule has 2 heterocycles. The van der Waals surface area contributed by atoms with Crippen molar-refractivity contribution in [3.05, 3.63) is 89.3 Å². The Morgan fingerprint density at radius 1 is 1.24 bits per heavy atom. The van der Waals surface area contributed by atoms with Gasteiger partial charge in [-0.15, -0.1) is 0 Å². The second kappa shape index (κ2) is 11.1. The normalized spacial score (nSPS) is 16.0. The number of allylic oxidation sites excluding steroid dienone is 3. The van der Waals surface area contributed by atoms with E-state index >= 15 is 0 Å². The monoisotopic (exact) mass is 459 g/mol. The van der Waals surface area contributed by atoms with Crippen LogP contribution in [0.2, 0.25) is 0 Å². The minimum absolute atomic E-state index is 0.218. The van der Waals surface area contributed by atoms with Gasteiger partial charge in [0.15, 0.2) is 0 Å². The van der Waals surface area contributed by atoms with Crippen LogP contribution in [0, 0.1) is 11.3 Å². The van der Waals surface area contributed by atoms with Gasteiger partial charge in [0, 0.05) is 36.1 Å². The van der Waals surface area contributed by atoms with Crippen LogP contribution in [0.3, 0.4) is 0 Å². The lowest BCUT2D eigenvalue weighted by Crippen LogP contribution is -2.38. The molecule has 1 aliphatic rings. The molecule has 1 unspecified atom stereocenters. The van der Waals surface area contributed by atoms with Gasteiger partial charge in [-0.1, -0.05) is 13.8 Å². The first-order valence-electron chi connectivity index (χ1n) is 11.1. The van der Waals surface area contributed by atoms with Gasteiger partial charge in [-0.05, 0) is 66.3 Å². The molecule has 0 aliphatic carbocycles. The van der Waals surface area contributed by atoms with Gasteiger partial charge in [-0.25, -0.2) is 0 Å². The van der Waals surface area contributed by atoms with E-state index in [-0.39, 0.29) is 12.1 Å².